The van der Waals surface area contributed by atoms with Crippen molar-refractivity contribution in [1.29, 1.82) is 0 Å². The summed E-state index contributed by atoms with van der Waals surface area (Å²) in [5, 5.41) is 3.41. The third-order valence-corrected chi connectivity index (χ3v) is 3.76. The zero-order valence-electron chi connectivity index (χ0n) is 12.2. The maximum atomic E-state index is 12.2. The predicted molar refractivity (Wildman–Crippen MR) is 77.3 cm³/mol. The minimum Gasteiger partial charge on any atom is -0.465 e. The molecule has 0 aromatic heterocycles. The lowest BCUT2D eigenvalue weighted by Gasteiger charge is -2.25. The predicted octanol–water partition coefficient (Wildman–Crippen LogP) is 2.31. The second-order valence-corrected chi connectivity index (χ2v) is 5.17. The molecule has 1 aliphatic heterocycles. The molecule has 3 atom stereocenters. The molecule has 1 aromatic carbocycles. The van der Waals surface area contributed by atoms with E-state index in [1.54, 1.807) is 0 Å². The molecular weight excluding hydrogens is 254 g/mol. The number of benzene rings is 1. The Morgan fingerprint density at radius 1 is 1.45 bits per heavy atom. The van der Waals surface area contributed by atoms with Crippen molar-refractivity contribution in [3.8, 4) is 0 Å². The zero-order chi connectivity index (χ0) is 14.4. The van der Waals surface area contributed by atoms with E-state index in [0.29, 0.717) is 12.5 Å². The average Bonchev–Trinajstić information content (AvgIpc) is 3.00. The molecule has 0 aliphatic carbocycles. The van der Waals surface area contributed by atoms with Crippen molar-refractivity contribution in [3.05, 3.63) is 35.9 Å². The van der Waals surface area contributed by atoms with E-state index in [0.717, 1.165) is 25.2 Å². The Labute approximate surface area is 120 Å². The van der Waals surface area contributed by atoms with Crippen LogP contribution in [0.15, 0.2) is 30.3 Å². The fraction of sp³-hybridized carbons (Fsp3) is 0.562. The molecule has 1 aromatic rings. The highest BCUT2D eigenvalue weighted by Gasteiger charge is 2.28. The second-order valence-electron chi connectivity index (χ2n) is 5.17. The molecule has 1 aliphatic rings. The number of carbonyl (C=O) groups excluding carboxylic acids is 1. The molecule has 110 valence electrons. The van der Waals surface area contributed by atoms with Gasteiger partial charge in [-0.1, -0.05) is 30.3 Å². The van der Waals surface area contributed by atoms with Crippen LogP contribution in [0.5, 0.6) is 0 Å². The van der Waals surface area contributed by atoms with Gasteiger partial charge in [-0.2, -0.15) is 0 Å². The molecule has 1 saturated heterocycles. The number of rotatable bonds is 6. The van der Waals surface area contributed by atoms with E-state index in [4.69, 9.17) is 9.47 Å². The smallest absolute Gasteiger partial charge is 0.327 e. The van der Waals surface area contributed by atoms with Gasteiger partial charge < -0.3 is 9.47 Å². The lowest BCUT2D eigenvalue weighted by atomic mass is 9.98. The van der Waals surface area contributed by atoms with Gasteiger partial charge in [-0.05, 0) is 31.7 Å². The largest absolute Gasteiger partial charge is 0.465 e. The van der Waals surface area contributed by atoms with E-state index in [1.165, 1.54) is 0 Å². The van der Waals surface area contributed by atoms with E-state index >= 15 is 0 Å². The van der Waals surface area contributed by atoms with E-state index in [1.807, 2.05) is 37.3 Å². The Morgan fingerprint density at radius 2 is 2.20 bits per heavy atom. The summed E-state index contributed by atoms with van der Waals surface area (Å²) in [7, 11) is 0. The summed E-state index contributed by atoms with van der Waals surface area (Å²) in [6, 6.07) is 9.52. The van der Waals surface area contributed by atoms with Crippen LogP contribution in [0.2, 0.25) is 0 Å². The van der Waals surface area contributed by atoms with E-state index in [2.05, 4.69) is 12.2 Å². The highest BCUT2D eigenvalue weighted by atomic mass is 16.5. The van der Waals surface area contributed by atoms with Gasteiger partial charge >= 0.3 is 5.97 Å². The third-order valence-electron chi connectivity index (χ3n) is 3.76. The first-order valence-corrected chi connectivity index (χ1v) is 7.27. The molecule has 0 saturated carbocycles. The molecule has 3 unspecified atom stereocenters. The average molecular weight is 277 g/mol. The maximum Gasteiger partial charge on any atom is 0.327 e. The number of hydrogen-bond donors (Lipinski definition) is 1. The van der Waals surface area contributed by atoms with Gasteiger partial charge in [-0.15, -0.1) is 0 Å². The number of hydrogen-bond acceptors (Lipinski definition) is 4. The van der Waals surface area contributed by atoms with Crippen LogP contribution in [0.25, 0.3) is 0 Å². The fourth-order valence-electron chi connectivity index (χ4n) is 2.52. The molecule has 0 bridgehead atoms. The van der Waals surface area contributed by atoms with Gasteiger partial charge in [-0.3, -0.25) is 5.32 Å². The summed E-state index contributed by atoms with van der Waals surface area (Å²) in [6.07, 6.45) is 1.04. The Balaban J connectivity index is 2.08. The molecular formula is C16H23NO3. The number of esters is 1. The van der Waals surface area contributed by atoms with Crippen molar-refractivity contribution < 1.29 is 14.3 Å². The van der Waals surface area contributed by atoms with Crippen LogP contribution >= 0.6 is 0 Å². The molecule has 2 rings (SSSR count). The van der Waals surface area contributed by atoms with Gasteiger partial charge in [0.15, 0.2) is 0 Å². The van der Waals surface area contributed by atoms with E-state index in [-0.39, 0.29) is 12.0 Å². The van der Waals surface area contributed by atoms with Gasteiger partial charge in [0.25, 0.3) is 0 Å². The fourth-order valence-corrected chi connectivity index (χ4v) is 2.52. The normalized spacial score (nSPS) is 21.4. The van der Waals surface area contributed by atoms with Gasteiger partial charge in [-0.25, -0.2) is 4.79 Å². The summed E-state index contributed by atoms with van der Waals surface area (Å²) < 4.78 is 10.6. The van der Waals surface area contributed by atoms with Crippen molar-refractivity contribution in [3.63, 3.8) is 0 Å². The van der Waals surface area contributed by atoms with Crippen LogP contribution in [0.3, 0.4) is 0 Å². The first-order chi connectivity index (χ1) is 9.72. The molecule has 0 amide bonds. The van der Waals surface area contributed by atoms with E-state index in [9.17, 15) is 4.79 Å². The summed E-state index contributed by atoms with van der Waals surface area (Å²) in [6.45, 7) is 5.90. The number of ether oxygens (including phenoxy) is 2. The second kappa shape index (κ2) is 7.41. The summed E-state index contributed by atoms with van der Waals surface area (Å²) in [4.78, 5) is 12.2. The first-order valence-electron chi connectivity index (χ1n) is 7.27. The third kappa shape index (κ3) is 3.81. The molecule has 4 nitrogen and oxygen atoms in total. The lowest BCUT2D eigenvalue weighted by molar-refractivity contribution is -0.146. The summed E-state index contributed by atoms with van der Waals surface area (Å²) in [5.41, 5.74) is 0.941. The minimum absolute atomic E-state index is 0.215. The Hall–Kier alpha value is -1.39. The summed E-state index contributed by atoms with van der Waals surface area (Å²) >= 11 is 0. The van der Waals surface area contributed by atoms with Gasteiger partial charge in [0.05, 0.1) is 13.2 Å². The zero-order valence-corrected chi connectivity index (χ0v) is 12.2. The van der Waals surface area contributed by atoms with Gasteiger partial charge in [0.1, 0.15) is 6.04 Å². The van der Waals surface area contributed by atoms with Crippen molar-refractivity contribution >= 4 is 5.97 Å². The molecule has 1 N–H and O–H groups in total. The maximum absolute atomic E-state index is 12.2. The van der Waals surface area contributed by atoms with Crippen molar-refractivity contribution in [1.82, 2.24) is 5.32 Å². The highest BCUT2D eigenvalue weighted by Crippen LogP contribution is 2.21. The lowest BCUT2D eigenvalue weighted by Crippen LogP contribution is -2.40. The quantitative estimate of drug-likeness (QED) is 0.811. The van der Waals surface area contributed by atoms with Crippen LogP contribution in [0.4, 0.5) is 0 Å². The highest BCUT2D eigenvalue weighted by molar-refractivity contribution is 5.77. The van der Waals surface area contributed by atoms with Crippen molar-refractivity contribution in [2.75, 3.05) is 19.8 Å². The first kappa shape index (κ1) is 15.0. The van der Waals surface area contributed by atoms with Crippen molar-refractivity contribution in [2.24, 2.45) is 5.92 Å². The Bertz CT molecular complexity index is 415. The minimum atomic E-state index is -0.410. The van der Waals surface area contributed by atoms with Crippen LogP contribution < -0.4 is 5.32 Å². The van der Waals surface area contributed by atoms with Crippen molar-refractivity contribution in [2.45, 2.75) is 32.4 Å². The standard InChI is InChI=1S/C16H23NO3/c1-3-20-16(18)15(13-7-5-4-6-8-13)17-12(2)14-9-10-19-11-14/h4-8,12,14-15,17H,3,9-11H2,1-2H3. The monoisotopic (exact) mass is 277 g/mol. The SMILES string of the molecule is CCOC(=O)C(NC(C)C1CCOC1)c1ccccc1. The van der Waals surface area contributed by atoms with Crippen LogP contribution in [0.1, 0.15) is 31.9 Å². The Kier molecular flexibility index (Phi) is 5.56. The molecule has 1 fully saturated rings. The number of nitrogens with one attached hydrogen (secondary N) is 1. The molecule has 0 radical (unpaired) electrons. The molecule has 1 heterocycles. The summed E-state index contributed by atoms with van der Waals surface area (Å²) in [5.74, 6) is 0.236. The topological polar surface area (TPSA) is 47.6 Å². The van der Waals surface area contributed by atoms with Crippen LogP contribution in [-0.4, -0.2) is 31.8 Å². The molecule has 4 heteroatoms. The Morgan fingerprint density at radius 3 is 2.80 bits per heavy atom. The van der Waals surface area contributed by atoms with Crippen LogP contribution in [-0.2, 0) is 14.3 Å². The number of carbonyl (C=O) groups is 1. The van der Waals surface area contributed by atoms with Gasteiger partial charge in [0.2, 0.25) is 0 Å². The van der Waals surface area contributed by atoms with Gasteiger partial charge in [0, 0.05) is 12.6 Å². The van der Waals surface area contributed by atoms with Crippen LogP contribution in [0, 0.1) is 5.92 Å². The van der Waals surface area contributed by atoms with E-state index < -0.39 is 6.04 Å². The molecule has 0 spiro atoms. The molecule has 20 heavy (non-hydrogen) atoms.